The summed E-state index contributed by atoms with van der Waals surface area (Å²) in [4.78, 5) is 0. The fourth-order valence-corrected chi connectivity index (χ4v) is 4.50. The summed E-state index contributed by atoms with van der Waals surface area (Å²) < 4.78 is 11.4. The normalized spacial score (nSPS) is 13.5. The maximum absolute atomic E-state index is 10.6. The Hall–Kier alpha value is -3.18. The molecule has 0 aliphatic heterocycles. The molecule has 0 aliphatic carbocycles. The second-order valence-electron chi connectivity index (χ2n) is 10.1. The lowest BCUT2D eigenvalue weighted by atomic mass is 9.93. The van der Waals surface area contributed by atoms with E-state index in [1.165, 1.54) is 16.3 Å². The average molecular weight is 484 g/mol. The van der Waals surface area contributed by atoms with Gasteiger partial charge in [0.1, 0.15) is 5.75 Å². The van der Waals surface area contributed by atoms with Crippen molar-refractivity contribution in [3.63, 3.8) is 0 Å². The Morgan fingerprint density at radius 2 is 1.56 bits per heavy atom. The summed E-state index contributed by atoms with van der Waals surface area (Å²) in [6, 6.07) is 31.4. The van der Waals surface area contributed by atoms with Crippen LogP contribution in [0.5, 0.6) is 5.75 Å². The first kappa shape index (κ1) is 25.9. The Balaban J connectivity index is 1.28. The van der Waals surface area contributed by atoms with Crippen molar-refractivity contribution in [3.05, 3.63) is 102 Å². The van der Waals surface area contributed by atoms with Crippen LogP contribution in [0.4, 0.5) is 0 Å². The van der Waals surface area contributed by atoms with E-state index in [0.717, 1.165) is 28.9 Å². The quantitative estimate of drug-likeness (QED) is 0.253. The van der Waals surface area contributed by atoms with Crippen LogP contribution in [0.3, 0.4) is 0 Å². The summed E-state index contributed by atoms with van der Waals surface area (Å²) >= 11 is 0. The zero-order valence-corrected chi connectivity index (χ0v) is 21.7. The molecule has 0 aliphatic rings. The number of aliphatic hydroxyl groups excluding tert-OH is 1. The molecule has 0 aromatic heterocycles. The highest BCUT2D eigenvalue weighted by Gasteiger charge is 2.20. The van der Waals surface area contributed by atoms with Gasteiger partial charge in [0.25, 0.3) is 0 Å². The van der Waals surface area contributed by atoms with Gasteiger partial charge >= 0.3 is 0 Å². The van der Waals surface area contributed by atoms with Gasteiger partial charge < -0.3 is 19.9 Å². The molecular weight excluding hydrogens is 446 g/mol. The number of benzene rings is 4. The van der Waals surface area contributed by atoms with E-state index in [4.69, 9.17) is 9.47 Å². The van der Waals surface area contributed by atoms with Crippen LogP contribution >= 0.6 is 0 Å². The van der Waals surface area contributed by atoms with Gasteiger partial charge in [-0.3, -0.25) is 0 Å². The van der Waals surface area contributed by atoms with E-state index in [0.29, 0.717) is 6.54 Å². The summed E-state index contributed by atoms with van der Waals surface area (Å²) in [6.45, 7) is 7.10. The van der Waals surface area contributed by atoms with Crippen LogP contribution in [0, 0.1) is 0 Å². The molecule has 2 atom stereocenters. The topological polar surface area (TPSA) is 50.7 Å². The van der Waals surface area contributed by atoms with Gasteiger partial charge in [-0.05, 0) is 78.4 Å². The molecule has 0 radical (unpaired) electrons. The van der Waals surface area contributed by atoms with Crippen molar-refractivity contribution in [2.45, 2.75) is 44.9 Å². The van der Waals surface area contributed by atoms with Crippen LogP contribution in [0.1, 0.15) is 38.0 Å². The molecule has 0 saturated carbocycles. The fraction of sp³-hybridized carbons (Fsp3) is 0.312. The summed E-state index contributed by atoms with van der Waals surface area (Å²) in [5, 5.41) is 16.6. The number of β-amino-alcohol motifs (C(OH)–C–C–N with tert-alkyl or cyclic N) is 1. The van der Waals surface area contributed by atoms with Crippen molar-refractivity contribution >= 4 is 10.8 Å². The van der Waals surface area contributed by atoms with Crippen LogP contribution in [-0.2, 0) is 11.2 Å². The van der Waals surface area contributed by atoms with E-state index in [1.54, 1.807) is 7.11 Å². The highest BCUT2D eigenvalue weighted by Crippen LogP contribution is 2.27. The van der Waals surface area contributed by atoms with Gasteiger partial charge in [-0.25, -0.2) is 0 Å². The molecule has 1 unspecified atom stereocenters. The average Bonchev–Trinajstić information content (AvgIpc) is 2.90. The number of hydrogen-bond acceptors (Lipinski definition) is 4. The van der Waals surface area contributed by atoms with E-state index < -0.39 is 6.10 Å². The summed E-state index contributed by atoms with van der Waals surface area (Å²) in [6.07, 6.45) is 0.152. The number of methoxy groups -OCH3 is 1. The van der Waals surface area contributed by atoms with Gasteiger partial charge in [0.2, 0.25) is 0 Å². The van der Waals surface area contributed by atoms with Crippen molar-refractivity contribution in [3.8, 4) is 16.9 Å². The van der Waals surface area contributed by atoms with Crippen molar-refractivity contribution in [1.82, 2.24) is 5.32 Å². The molecule has 4 heteroatoms. The van der Waals surface area contributed by atoms with Crippen LogP contribution in [-0.4, -0.2) is 37.0 Å². The molecule has 4 nitrogen and oxygen atoms in total. The van der Waals surface area contributed by atoms with Crippen molar-refractivity contribution < 1.29 is 14.6 Å². The van der Waals surface area contributed by atoms with Crippen LogP contribution in [0.15, 0.2) is 91.0 Å². The van der Waals surface area contributed by atoms with Crippen molar-refractivity contribution in [2.75, 3.05) is 20.3 Å². The second kappa shape index (κ2) is 11.7. The lowest BCUT2D eigenvalue weighted by Crippen LogP contribution is -2.46. The third-order valence-electron chi connectivity index (χ3n) is 6.57. The van der Waals surface area contributed by atoms with Gasteiger partial charge in [-0.15, -0.1) is 0 Å². The number of rotatable bonds is 11. The second-order valence-corrected chi connectivity index (χ2v) is 10.1. The monoisotopic (exact) mass is 483 g/mol. The molecule has 0 saturated heterocycles. The molecule has 4 rings (SSSR count). The number of ether oxygens (including phenoxy) is 2. The molecule has 0 spiro atoms. The van der Waals surface area contributed by atoms with Gasteiger partial charge in [0.05, 0.1) is 25.9 Å². The highest BCUT2D eigenvalue weighted by atomic mass is 16.5. The Morgan fingerprint density at radius 1 is 0.833 bits per heavy atom. The van der Waals surface area contributed by atoms with Crippen LogP contribution in [0.25, 0.3) is 21.9 Å². The predicted octanol–water partition coefficient (Wildman–Crippen LogP) is 6.56. The molecule has 0 fully saturated rings. The first-order chi connectivity index (χ1) is 17.3. The van der Waals surface area contributed by atoms with E-state index >= 15 is 0 Å². The molecule has 36 heavy (non-hydrogen) atoms. The highest BCUT2D eigenvalue weighted by molar-refractivity contribution is 5.83. The first-order valence-corrected chi connectivity index (χ1v) is 12.6. The van der Waals surface area contributed by atoms with Crippen LogP contribution in [0.2, 0.25) is 0 Å². The largest absolute Gasteiger partial charge is 0.497 e. The van der Waals surface area contributed by atoms with Crippen LogP contribution < -0.4 is 10.1 Å². The number of aliphatic hydroxyl groups is 1. The minimum absolute atomic E-state index is 0.129. The molecule has 0 heterocycles. The van der Waals surface area contributed by atoms with Gasteiger partial charge in [0.15, 0.2) is 0 Å². The Kier molecular flexibility index (Phi) is 8.42. The first-order valence-electron chi connectivity index (χ1n) is 12.6. The minimum Gasteiger partial charge on any atom is -0.497 e. The number of hydrogen-bond donors (Lipinski definition) is 2. The van der Waals surface area contributed by atoms with Gasteiger partial charge in [-0.2, -0.15) is 0 Å². The van der Waals surface area contributed by atoms with E-state index in [2.05, 4.69) is 85.9 Å². The Labute approximate surface area is 214 Å². The lowest BCUT2D eigenvalue weighted by Gasteiger charge is -2.28. The zero-order valence-electron chi connectivity index (χ0n) is 21.7. The SMILES string of the molecule is COc1cccc(-c2cccc(C(C)OC[C@H](O)CNC(C)(C)Cc3ccc4ccccc4c3)c2)c1. The number of nitrogens with one attached hydrogen (secondary N) is 1. The molecule has 4 aromatic carbocycles. The predicted molar refractivity (Wildman–Crippen MR) is 149 cm³/mol. The minimum atomic E-state index is -0.593. The summed E-state index contributed by atoms with van der Waals surface area (Å²) in [5.41, 5.74) is 4.41. The standard InChI is InChI=1S/C32H37NO3/c1-23(26-11-7-12-28(18-26)29-13-8-14-31(19-29)35-4)36-22-30(34)21-33-32(2,3)20-24-15-16-25-9-5-6-10-27(25)17-24/h5-19,23,30,33-34H,20-22H2,1-4H3/t23?,30-/m1/s1. The maximum atomic E-state index is 10.6. The van der Waals surface area contributed by atoms with Gasteiger partial charge in [-0.1, -0.05) is 72.8 Å². The Morgan fingerprint density at radius 3 is 2.33 bits per heavy atom. The third kappa shape index (κ3) is 6.94. The summed E-state index contributed by atoms with van der Waals surface area (Å²) in [7, 11) is 1.68. The van der Waals surface area contributed by atoms with E-state index in [-0.39, 0.29) is 18.2 Å². The van der Waals surface area contributed by atoms with E-state index in [9.17, 15) is 5.11 Å². The third-order valence-corrected chi connectivity index (χ3v) is 6.57. The summed E-state index contributed by atoms with van der Waals surface area (Å²) in [5.74, 6) is 0.835. The molecule has 0 bridgehead atoms. The maximum Gasteiger partial charge on any atom is 0.119 e. The van der Waals surface area contributed by atoms with Gasteiger partial charge in [0, 0.05) is 12.1 Å². The molecule has 2 N–H and O–H groups in total. The smallest absolute Gasteiger partial charge is 0.119 e. The molecule has 188 valence electrons. The molecule has 4 aromatic rings. The van der Waals surface area contributed by atoms with Crippen molar-refractivity contribution in [1.29, 1.82) is 0 Å². The fourth-order valence-electron chi connectivity index (χ4n) is 4.50. The molecule has 0 amide bonds. The van der Waals surface area contributed by atoms with Crippen molar-refractivity contribution in [2.24, 2.45) is 0 Å². The molecular formula is C32H37NO3. The number of fused-ring (bicyclic) bond motifs is 1. The lowest BCUT2D eigenvalue weighted by molar-refractivity contribution is -0.00416. The Bertz CT molecular complexity index is 1280. The zero-order chi connectivity index (χ0) is 25.5. The van der Waals surface area contributed by atoms with E-state index in [1.807, 2.05) is 31.2 Å².